The Morgan fingerprint density at radius 3 is 2.68 bits per heavy atom. The Bertz CT molecular complexity index is 512. The van der Waals surface area contributed by atoms with Crippen LogP contribution in [0.25, 0.3) is 0 Å². The van der Waals surface area contributed by atoms with E-state index in [4.69, 9.17) is 4.42 Å². The molecule has 0 saturated heterocycles. The Morgan fingerprint density at radius 1 is 1.26 bits per heavy atom. The molecule has 5 nitrogen and oxygen atoms in total. The van der Waals surface area contributed by atoms with Crippen molar-refractivity contribution in [3.05, 3.63) is 40.2 Å². The molecule has 0 amide bonds. The fourth-order valence-electron chi connectivity index (χ4n) is 1.64. The number of benzene rings is 1. The molecular weight excluding hydrogens is 308 g/mol. The Hall–Kier alpha value is -1.40. The smallest absolute Gasteiger partial charge is 0.315 e. The average molecular weight is 325 g/mol. The third kappa shape index (κ3) is 4.04. The summed E-state index contributed by atoms with van der Waals surface area (Å²) in [7, 11) is 0. The third-order valence-electron chi connectivity index (χ3n) is 2.70. The zero-order valence-corrected chi connectivity index (χ0v) is 12.6. The topological polar surface area (TPSA) is 63.0 Å². The Kier molecular flexibility index (Phi) is 4.93. The van der Waals surface area contributed by atoms with Crippen molar-refractivity contribution in [2.24, 2.45) is 0 Å². The molecule has 1 aromatic heterocycles. The van der Waals surface area contributed by atoms with Gasteiger partial charge in [0.15, 0.2) is 0 Å². The second-order valence-electron chi connectivity index (χ2n) is 4.20. The quantitative estimate of drug-likeness (QED) is 0.854. The van der Waals surface area contributed by atoms with Crippen molar-refractivity contribution in [3.63, 3.8) is 0 Å². The fourth-order valence-corrected chi connectivity index (χ4v) is 1.90. The van der Waals surface area contributed by atoms with Gasteiger partial charge in [0, 0.05) is 4.47 Å². The maximum absolute atomic E-state index is 5.50. The Morgan fingerprint density at radius 2 is 2.00 bits per heavy atom. The van der Waals surface area contributed by atoms with Gasteiger partial charge in [-0.15, -0.1) is 5.10 Å². The summed E-state index contributed by atoms with van der Waals surface area (Å²) in [6.45, 7) is 5.56. The molecule has 2 rings (SSSR count). The van der Waals surface area contributed by atoms with Gasteiger partial charge in [0.05, 0.1) is 12.6 Å². The lowest BCUT2D eigenvalue weighted by molar-refractivity contribution is 0.478. The van der Waals surface area contributed by atoms with Crippen molar-refractivity contribution < 1.29 is 4.42 Å². The molecule has 0 spiro atoms. The van der Waals surface area contributed by atoms with Crippen LogP contribution in [0.15, 0.2) is 33.2 Å². The van der Waals surface area contributed by atoms with Crippen LogP contribution in [0.4, 0.5) is 6.01 Å². The monoisotopic (exact) mass is 324 g/mol. The predicted octanol–water partition coefficient (Wildman–Crippen LogP) is 3.11. The molecule has 1 atom stereocenters. The molecule has 2 N–H and O–H groups in total. The summed E-state index contributed by atoms with van der Waals surface area (Å²) in [4.78, 5) is 0. The summed E-state index contributed by atoms with van der Waals surface area (Å²) in [5.41, 5.74) is 1.16. The number of hydrogen-bond acceptors (Lipinski definition) is 5. The summed E-state index contributed by atoms with van der Waals surface area (Å²) < 4.78 is 6.56. The van der Waals surface area contributed by atoms with E-state index in [-0.39, 0.29) is 6.04 Å². The normalized spacial score (nSPS) is 12.4. The van der Waals surface area contributed by atoms with Crippen molar-refractivity contribution in [1.82, 2.24) is 15.5 Å². The SMILES string of the molecule is CCNCc1nnc(NC(C)c2ccc(Br)cc2)o1. The van der Waals surface area contributed by atoms with E-state index in [2.05, 4.69) is 55.8 Å². The Labute approximate surface area is 120 Å². The summed E-state index contributed by atoms with van der Waals surface area (Å²) in [5, 5.41) is 14.3. The number of nitrogens with zero attached hydrogens (tertiary/aromatic N) is 2. The Balaban J connectivity index is 1.96. The molecular formula is C13H17BrN4O. The van der Waals surface area contributed by atoms with E-state index in [1.54, 1.807) is 0 Å². The van der Waals surface area contributed by atoms with Gasteiger partial charge in [-0.05, 0) is 31.2 Å². The van der Waals surface area contributed by atoms with Crippen molar-refractivity contribution >= 4 is 21.9 Å². The van der Waals surface area contributed by atoms with E-state index < -0.39 is 0 Å². The van der Waals surface area contributed by atoms with Gasteiger partial charge in [-0.3, -0.25) is 0 Å². The second-order valence-corrected chi connectivity index (χ2v) is 5.11. The van der Waals surface area contributed by atoms with Crippen molar-refractivity contribution in [3.8, 4) is 0 Å². The number of hydrogen-bond donors (Lipinski definition) is 2. The van der Waals surface area contributed by atoms with Gasteiger partial charge >= 0.3 is 6.01 Å². The largest absolute Gasteiger partial charge is 0.407 e. The predicted molar refractivity (Wildman–Crippen MR) is 77.9 cm³/mol. The first kappa shape index (κ1) is 14.0. The number of aromatic nitrogens is 2. The first-order valence-electron chi connectivity index (χ1n) is 6.24. The molecule has 1 heterocycles. The molecule has 6 heteroatoms. The molecule has 0 radical (unpaired) electrons. The van der Waals surface area contributed by atoms with E-state index in [1.165, 1.54) is 0 Å². The highest BCUT2D eigenvalue weighted by Crippen LogP contribution is 2.20. The van der Waals surface area contributed by atoms with E-state index in [0.29, 0.717) is 18.5 Å². The average Bonchev–Trinajstić information content (AvgIpc) is 2.84. The standard InChI is InChI=1S/C13H17BrN4O/c1-3-15-8-12-17-18-13(19-12)16-9(2)10-4-6-11(14)7-5-10/h4-7,9,15H,3,8H2,1-2H3,(H,16,18). The minimum atomic E-state index is 0.112. The van der Waals surface area contributed by atoms with Crippen LogP contribution in [-0.4, -0.2) is 16.7 Å². The molecule has 19 heavy (non-hydrogen) atoms. The van der Waals surface area contributed by atoms with Crippen LogP contribution >= 0.6 is 15.9 Å². The van der Waals surface area contributed by atoms with Gasteiger partial charge in [-0.25, -0.2) is 0 Å². The van der Waals surface area contributed by atoms with Crippen molar-refractivity contribution in [2.45, 2.75) is 26.4 Å². The molecule has 0 fully saturated rings. The molecule has 0 aliphatic heterocycles. The molecule has 0 aliphatic carbocycles. The molecule has 102 valence electrons. The highest BCUT2D eigenvalue weighted by molar-refractivity contribution is 9.10. The highest BCUT2D eigenvalue weighted by Gasteiger charge is 2.10. The van der Waals surface area contributed by atoms with Crippen LogP contribution in [0.5, 0.6) is 0 Å². The van der Waals surface area contributed by atoms with E-state index in [1.807, 2.05) is 19.1 Å². The lowest BCUT2D eigenvalue weighted by Crippen LogP contribution is -2.11. The summed E-state index contributed by atoms with van der Waals surface area (Å²) in [6, 6.07) is 8.69. The van der Waals surface area contributed by atoms with Crippen LogP contribution in [0, 0.1) is 0 Å². The molecule has 1 unspecified atom stereocenters. The minimum absolute atomic E-state index is 0.112. The number of nitrogens with one attached hydrogen (secondary N) is 2. The van der Waals surface area contributed by atoms with Gasteiger partial charge in [0.2, 0.25) is 5.89 Å². The molecule has 2 aromatic rings. The zero-order valence-electron chi connectivity index (χ0n) is 11.0. The summed E-state index contributed by atoms with van der Waals surface area (Å²) >= 11 is 3.42. The van der Waals surface area contributed by atoms with Crippen LogP contribution in [0.2, 0.25) is 0 Å². The zero-order chi connectivity index (χ0) is 13.7. The highest BCUT2D eigenvalue weighted by atomic mass is 79.9. The van der Waals surface area contributed by atoms with E-state index in [9.17, 15) is 0 Å². The summed E-state index contributed by atoms with van der Waals surface area (Å²) in [5.74, 6) is 0.590. The maximum atomic E-state index is 5.50. The molecule has 1 aromatic carbocycles. The minimum Gasteiger partial charge on any atom is -0.407 e. The number of halogens is 1. The first-order chi connectivity index (χ1) is 9.19. The van der Waals surface area contributed by atoms with Crippen LogP contribution in [0.3, 0.4) is 0 Å². The van der Waals surface area contributed by atoms with Crippen LogP contribution < -0.4 is 10.6 Å². The van der Waals surface area contributed by atoms with Crippen molar-refractivity contribution in [2.75, 3.05) is 11.9 Å². The lowest BCUT2D eigenvalue weighted by atomic mass is 10.1. The second kappa shape index (κ2) is 6.68. The van der Waals surface area contributed by atoms with Gasteiger partial charge in [-0.1, -0.05) is 40.1 Å². The molecule has 0 aliphatic rings. The molecule has 0 bridgehead atoms. The van der Waals surface area contributed by atoms with Gasteiger partial charge in [0.25, 0.3) is 0 Å². The number of rotatable bonds is 6. The van der Waals surface area contributed by atoms with Crippen molar-refractivity contribution in [1.29, 1.82) is 0 Å². The van der Waals surface area contributed by atoms with Crippen LogP contribution in [-0.2, 0) is 6.54 Å². The maximum Gasteiger partial charge on any atom is 0.315 e. The number of anilines is 1. The van der Waals surface area contributed by atoms with E-state index in [0.717, 1.165) is 16.6 Å². The fraction of sp³-hybridized carbons (Fsp3) is 0.385. The molecule has 0 saturated carbocycles. The van der Waals surface area contributed by atoms with Gasteiger partial charge in [0.1, 0.15) is 0 Å². The van der Waals surface area contributed by atoms with Gasteiger partial charge < -0.3 is 15.1 Å². The lowest BCUT2D eigenvalue weighted by Gasteiger charge is -2.11. The van der Waals surface area contributed by atoms with Crippen LogP contribution in [0.1, 0.15) is 31.3 Å². The van der Waals surface area contributed by atoms with E-state index >= 15 is 0 Å². The third-order valence-corrected chi connectivity index (χ3v) is 3.23. The van der Waals surface area contributed by atoms with Gasteiger partial charge in [-0.2, -0.15) is 0 Å². The first-order valence-corrected chi connectivity index (χ1v) is 7.03. The summed E-state index contributed by atoms with van der Waals surface area (Å²) in [6.07, 6.45) is 0.